The van der Waals surface area contributed by atoms with Gasteiger partial charge in [-0.3, -0.25) is 10.1 Å². The topological polar surface area (TPSA) is 80.6 Å². The van der Waals surface area contributed by atoms with E-state index in [1.165, 1.54) is 0 Å². The van der Waals surface area contributed by atoms with Crippen LogP contribution in [0.3, 0.4) is 0 Å². The normalized spacial score (nSPS) is 10.8. The van der Waals surface area contributed by atoms with E-state index in [1.54, 1.807) is 12.1 Å². The van der Waals surface area contributed by atoms with Crippen LogP contribution in [0.25, 0.3) is 21.9 Å². The standard InChI is InChI=1S/C19H20N2O4/c1-2-3-10-20-19(23)21-18(22)12-24-13-8-9-17-15(11-13)14-6-4-5-7-16(14)25-17/h4-9,11H,2-3,10,12H2,1H3,(H2,20,21,22,23). The highest BCUT2D eigenvalue weighted by atomic mass is 16.5. The van der Waals surface area contributed by atoms with E-state index in [4.69, 9.17) is 9.15 Å². The fourth-order valence-corrected chi connectivity index (χ4v) is 2.53. The summed E-state index contributed by atoms with van der Waals surface area (Å²) in [6.45, 7) is 2.34. The van der Waals surface area contributed by atoms with Crippen molar-refractivity contribution in [3.63, 3.8) is 0 Å². The molecule has 1 heterocycles. The summed E-state index contributed by atoms with van der Waals surface area (Å²) in [6.07, 6.45) is 1.85. The lowest BCUT2D eigenvalue weighted by Crippen LogP contribution is -2.41. The Balaban J connectivity index is 1.60. The minimum Gasteiger partial charge on any atom is -0.484 e. The molecule has 3 rings (SSSR count). The van der Waals surface area contributed by atoms with Crippen LogP contribution in [0.4, 0.5) is 4.79 Å². The van der Waals surface area contributed by atoms with Crippen LogP contribution < -0.4 is 15.4 Å². The SMILES string of the molecule is CCCCNC(=O)NC(=O)COc1ccc2oc3ccccc3c2c1. The Bertz CT molecular complexity index is 901. The molecule has 1 aromatic heterocycles. The van der Waals surface area contributed by atoms with Gasteiger partial charge in [0, 0.05) is 17.3 Å². The number of urea groups is 1. The molecule has 0 saturated heterocycles. The highest BCUT2D eigenvalue weighted by Crippen LogP contribution is 2.31. The van der Waals surface area contributed by atoms with Crippen LogP contribution in [0.2, 0.25) is 0 Å². The van der Waals surface area contributed by atoms with Crippen molar-refractivity contribution in [3.05, 3.63) is 42.5 Å². The average Bonchev–Trinajstić information content (AvgIpc) is 2.98. The van der Waals surface area contributed by atoms with Crippen LogP contribution in [-0.2, 0) is 4.79 Å². The molecule has 0 bridgehead atoms. The minimum atomic E-state index is -0.502. The van der Waals surface area contributed by atoms with Gasteiger partial charge in [-0.1, -0.05) is 31.5 Å². The summed E-state index contributed by atoms with van der Waals surface area (Å²) in [7, 11) is 0. The van der Waals surface area contributed by atoms with Gasteiger partial charge in [-0.25, -0.2) is 4.79 Å². The molecule has 0 fully saturated rings. The lowest BCUT2D eigenvalue weighted by molar-refractivity contribution is -0.122. The number of imide groups is 1. The third-order valence-electron chi connectivity index (χ3n) is 3.79. The van der Waals surface area contributed by atoms with Crippen molar-refractivity contribution in [3.8, 4) is 5.75 Å². The summed E-state index contributed by atoms with van der Waals surface area (Å²) >= 11 is 0. The zero-order valence-electron chi connectivity index (χ0n) is 14.0. The third kappa shape index (κ3) is 4.09. The molecule has 6 nitrogen and oxygen atoms in total. The molecule has 3 amide bonds. The van der Waals surface area contributed by atoms with Crippen molar-refractivity contribution >= 4 is 33.9 Å². The molecule has 0 aliphatic heterocycles. The van der Waals surface area contributed by atoms with Crippen LogP contribution in [0.5, 0.6) is 5.75 Å². The van der Waals surface area contributed by atoms with Gasteiger partial charge in [-0.15, -0.1) is 0 Å². The Hall–Kier alpha value is -3.02. The smallest absolute Gasteiger partial charge is 0.321 e. The number of carbonyl (C=O) groups is 2. The van der Waals surface area contributed by atoms with E-state index in [2.05, 4.69) is 10.6 Å². The first-order valence-corrected chi connectivity index (χ1v) is 8.29. The van der Waals surface area contributed by atoms with Gasteiger partial charge in [-0.05, 0) is 30.7 Å². The van der Waals surface area contributed by atoms with Crippen LogP contribution in [0.15, 0.2) is 46.9 Å². The molecular formula is C19H20N2O4. The molecule has 25 heavy (non-hydrogen) atoms. The quantitative estimate of drug-likeness (QED) is 0.672. The van der Waals surface area contributed by atoms with Crippen molar-refractivity contribution in [2.45, 2.75) is 19.8 Å². The first-order valence-electron chi connectivity index (χ1n) is 8.29. The number of nitrogens with one attached hydrogen (secondary N) is 2. The summed E-state index contributed by atoms with van der Waals surface area (Å²) in [5.41, 5.74) is 1.56. The molecule has 130 valence electrons. The van der Waals surface area contributed by atoms with Gasteiger partial charge in [0.2, 0.25) is 0 Å². The summed E-state index contributed by atoms with van der Waals surface area (Å²) in [6, 6.07) is 12.6. The van der Waals surface area contributed by atoms with Crippen LogP contribution in [0, 0.1) is 0 Å². The number of carbonyl (C=O) groups excluding carboxylic acids is 2. The number of benzene rings is 2. The van der Waals surface area contributed by atoms with Gasteiger partial charge in [-0.2, -0.15) is 0 Å². The number of rotatable bonds is 6. The molecule has 3 aromatic rings. The summed E-state index contributed by atoms with van der Waals surface area (Å²) in [5.74, 6) is 0.0479. The number of hydrogen-bond donors (Lipinski definition) is 2. The maximum atomic E-state index is 11.8. The van der Waals surface area contributed by atoms with Crippen LogP contribution >= 0.6 is 0 Å². The van der Waals surface area contributed by atoms with Gasteiger partial charge in [0.15, 0.2) is 6.61 Å². The lowest BCUT2D eigenvalue weighted by atomic mass is 10.1. The van der Waals surface area contributed by atoms with Crippen LogP contribution in [0.1, 0.15) is 19.8 Å². The minimum absolute atomic E-state index is 0.234. The van der Waals surface area contributed by atoms with Crippen molar-refractivity contribution in [1.29, 1.82) is 0 Å². The van der Waals surface area contributed by atoms with E-state index in [9.17, 15) is 9.59 Å². The Morgan fingerprint density at radius 1 is 1.08 bits per heavy atom. The number of ether oxygens (including phenoxy) is 1. The van der Waals surface area contributed by atoms with E-state index >= 15 is 0 Å². The van der Waals surface area contributed by atoms with Crippen molar-refractivity contribution in [1.82, 2.24) is 10.6 Å². The maximum Gasteiger partial charge on any atom is 0.321 e. The number of furan rings is 1. The van der Waals surface area contributed by atoms with E-state index in [0.717, 1.165) is 34.8 Å². The van der Waals surface area contributed by atoms with Gasteiger partial charge in [0.05, 0.1) is 0 Å². The zero-order valence-corrected chi connectivity index (χ0v) is 14.0. The van der Waals surface area contributed by atoms with Crippen molar-refractivity contribution in [2.24, 2.45) is 0 Å². The fraction of sp³-hybridized carbons (Fsp3) is 0.263. The molecule has 0 saturated carbocycles. The second-order valence-corrected chi connectivity index (χ2v) is 5.70. The molecule has 2 aromatic carbocycles. The van der Waals surface area contributed by atoms with Crippen molar-refractivity contribution in [2.75, 3.05) is 13.2 Å². The summed E-state index contributed by atoms with van der Waals surface area (Å²) in [4.78, 5) is 23.3. The highest BCUT2D eigenvalue weighted by Gasteiger charge is 2.10. The summed E-state index contributed by atoms with van der Waals surface area (Å²) < 4.78 is 11.2. The van der Waals surface area contributed by atoms with Crippen LogP contribution in [-0.4, -0.2) is 25.1 Å². The summed E-state index contributed by atoms with van der Waals surface area (Å²) in [5, 5.41) is 6.76. The zero-order chi connectivity index (χ0) is 17.6. The van der Waals surface area contributed by atoms with E-state index in [1.807, 2.05) is 37.3 Å². The molecule has 0 radical (unpaired) electrons. The Kier molecular flexibility index (Phi) is 5.18. The number of hydrogen-bond acceptors (Lipinski definition) is 4. The second-order valence-electron chi connectivity index (χ2n) is 5.70. The Morgan fingerprint density at radius 2 is 1.88 bits per heavy atom. The second kappa shape index (κ2) is 7.70. The first-order chi connectivity index (χ1) is 12.2. The maximum absolute atomic E-state index is 11.8. The van der Waals surface area contributed by atoms with Gasteiger partial charge >= 0.3 is 6.03 Å². The molecular weight excluding hydrogens is 320 g/mol. The Labute approximate surface area is 145 Å². The van der Waals surface area contributed by atoms with Gasteiger partial charge in [0.1, 0.15) is 16.9 Å². The van der Waals surface area contributed by atoms with E-state index < -0.39 is 11.9 Å². The predicted octanol–water partition coefficient (Wildman–Crippen LogP) is 3.59. The third-order valence-corrected chi connectivity index (χ3v) is 3.79. The highest BCUT2D eigenvalue weighted by molar-refractivity contribution is 6.05. The fourth-order valence-electron chi connectivity index (χ4n) is 2.53. The first kappa shape index (κ1) is 16.8. The molecule has 0 spiro atoms. The number of amides is 3. The van der Waals surface area contributed by atoms with Gasteiger partial charge < -0.3 is 14.5 Å². The average molecular weight is 340 g/mol. The molecule has 2 N–H and O–H groups in total. The largest absolute Gasteiger partial charge is 0.484 e. The number of fused-ring (bicyclic) bond motifs is 3. The van der Waals surface area contributed by atoms with E-state index in [-0.39, 0.29) is 6.61 Å². The Morgan fingerprint density at radius 3 is 2.72 bits per heavy atom. The van der Waals surface area contributed by atoms with Gasteiger partial charge in [0.25, 0.3) is 5.91 Å². The predicted molar refractivity (Wildman–Crippen MR) is 95.7 cm³/mol. The molecule has 0 aliphatic rings. The molecule has 6 heteroatoms. The number of unbranched alkanes of at least 4 members (excludes halogenated alkanes) is 1. The monoisotopic (exact) mass is 340 g/mol. The molecule has 0 aliphatic carbocycles. The van der Waals surface area contributed by atoms with E-state index in [0.29, 0.717) is 12.3 Å². The van der Waals surface area contributed by atoms with Crippen molar-refractivity contribution < 1.29 is 18.7 Å². The molecule has 0 unspecified atom stereocenters. The molecule has 0 atom stereocenters. The number of para-hydroxylation sites is 1. The lowest BCUT2D eigenvalue weighted by Gasteiger charge is -2.08.